The molecule has 0 aliphatic heterocycles. The lowest BCUT2D eigenvalue weighted by atomic mass is 9.92. The maximum Gasteiger partial charge on any atom is -0.00115 e. The number of allylic oxidation sites excluding steroid dienone is 4. The van der Waals surface area contributed by atoms with Crippen LogP contribution in [0.4, 0.5) is 0 Å². The van der Waals surface area contributed by atoms with Crippen molar-refractivity contribution in [3.05, 3.63) is 23.3 Å². The zero-order valence-corrected chi connectivity index (χ0v) is 8.14. The molecule has 2 aliphatic carbocycles. The van der Waals surface area contributed by atoms with Gasteiger partial charge in [0.1, 0.15) is 0 Å². The van der Waals surface area contributed by atoms with Crippen LogP contribution in [0, 0.1) is 11.8 Å². The molecule has 0 aromatic rings. The molecule has 2 atom stereocenters. The molecule has 0 radical (unpaired) electrons. The molecule has 0 heterocycles. The summed E-state index contributed by atoms with van der Waals surface area (Å²) in [6.45, 7) is 4.59. The Bertz CT molecular complexity index is 232. The Morgan fingerprint density at radius 3 is 2.42 bits per heavy atom. The highest BCUT2D eigenvalue weighted by atomic mass is 14.4. The quantitative estimate of drug-likeness (QED) is 0.555. The van der Waals surface area contributed by atoms with Crippen LogP contribution in [0.1, 0.15) is 39.5 Å². The van der Waals surface area contributed by atoms with Crippen LogP contribution in [-0.4, -0.2) is 0 Å². The molecule has 2 aliphatic rings. The Hall–Kier alpha value is -0.520. The molecule has 0 fully saturated rings. The van der Waals surface area contributed by atoms with Crippen molar-refractivity contribution >= 4 is 0 Å². The van der Waals surface area contributed by atoms with Gasteiger partial charge in [-0.2, -0.15) is 0 Å². The molecule has 0 heteroatoms. The summed E-state index contributed by atoms with van der Waals surface area (Å²) in [5.74, 6) is 1.67. The predicted octanol–water partition coefficient (Wildman–Crippen LogP) is 3.70. The van der Waals surface area contributed by atoms with Crippen molar-refractivity contribution in [1.29, 1.82) is 0 Å². The molecular weight excluding hydrogens is 144 g/mol. The first kappa shape index (κ1) is 8.10. The van der Waals surface area contributed by atoms with Crippen LogP contribution in [0.2, 0.25) is 0 Å². The summed E-state index contributed by atoms with van der Waals surface area (Å²) < 4.78 is 0. The molecule has 0 saturated heterocycles. The number of hydrogen-bond donors (Lipinski definition) is 0. The molecule has 2 rings (SSSR count). The van der Waals surface area contributed by atoms with E-state index in [1.165, 1.54) is 25.7 Å². The summed E-state index contributed by atoms with van der Waals surface area (Å²) in [7, 11) is 0. The second-order valence-electron chi connectivity index (χ2n) is 3.99. The van der Waals surface area contributed by atoms with E-state index >= 15 is 0 Å². The number of rotatable bonds is 3. The van der Waals surface area contributed by atoms with Crippen molar-refractivity contribution in [2.45, 2.75) is 39.5 Å². The zero-order chi connectivity index (χ0) is 8.55. The highest BCUT2D eigenvalue weighted by molar-refractivity contribution is 5.37. The minimum Gasteiger partial charge on any atom is -0.0807 e. The number of hydrogen-bond acceptors (Lipinski definition) is 0. The van der Waals surface area contributed by atoms with Gasteiger partial charge in [0.15, 0.2) is 0 Å². The lowest BCUT2D eigenvalue weighted by molar-refractivity contribution is 0.679. The maximum absolute atomic E-state index is 2.43. The second-order valence-corrected chi connectivity index (χ2v) is 3.99. The van der Waals surface area contributed by atoms with Crippen LogP contribution in [0.3, 0.4) is 0 Å². The maximum atomic E-state index is 2.43. The summed E-state index contributed by atoms with van der Waals surface area (Å²) >= 11 is 0. The molecule has 0 saturated carbocycles. The average Bonchev–Trinajstić information content (AvgIpc) is 2.64. The van der Waals surface area contributed by atoms with Crippen LogP contribution in [0.15, 0.2) is 23.3 Å². The fourth-order valence-electron chi connectivity index (χ4n) is 2.80. The molecule has 0 spiro atoms. The highest BCUT2D eigenvalue weighted by Crippen LogP contribution is 2.46. The van der Waals surface area contributed by atoms with Crippen molar-refractivity contribution in [3.63, 3.8) is 0 Å². The van der Waals surface area contributed by atoms with E-state index in [0.717, 1.165) is 11.8 Å². The van der Waals surface area contributed by atoms with Crippen LogP contribution < -0.4 is 0 Å². The van der Waals surface area contributed by atoms with E-state index in [-0.39, 0.29) is 0 Å². The summed E-state index contributed by atoms with van der Waals surface area (Å²) in [6.07, 6.45) is 10.2. The van der Waals surface area contributed by atoms with E-state index in [2.05, 4.69) is 26.0 Å². The van der Waals surface area contributed by atoms with Crippen LogP contribution >= 0.6 is 0 Å². The molecule has 0 aromatic carbocycles. The van der Waals surface area contributed by atoms with Crippen LogP contribution in [0.25, 0.3) is 0 Å². The Morgan fingerprint density at radius 1 is 1.17 bits per heavy atom. The third-order valence-corrected chi connectivity index (χ3v) is 3.29. The van der Waals surface area contributed by atoms with Gasteiger partial charge in [-0.05, 0) is 31.1 Å². The van der Waals surface area contributed by atoms with Gasteiger partial charge >= 0.3 is 0 Å². The molecule has 66 valence electrons. The molecular formula is C12H18. The molecule has 0 N–H and O–H groups in total. The van der Waals surface area contributed by atoms with Gasteiger partial charge in [-0.3, -0.25) is 0 Å². The molecule has 2 unspecified atom stereocenters. The second kappa shape index (κ2) is 3.08. The first-order valence-corrected chi connectivity index (χ1v) is 5.27. The van der Waals surface area contributed by atoms with Crippen molar-refractivity contribution in [2.75, 3.05) is 0 Å². The van der Waals surface area contributed by atoms with Crippen molar-refractivity contribution < 1.29 is 0 Å². The average molecular weight is 162 g/mol. The molecule has 0 aromatic heterocycles. The summed E-state index contributed by atoms with van der Waals surface area (Å²) in [5, 5.41) is 0. The Balaban J connectivity index is 2.20. The number of fused-ring (bicyclic) bond motifs is 2. The van der Waals surface area contributed by atoms with Crippen molar-refractivity contribution in [2.24, 2.45) is 11.8 Å². The van der Waals surface area contributed by atoms with Crippen molar-refractivity contribution in [1.82, 2.24) is 0 Å². The minimum atomic E-state index is 0.835. The molecule has 12 heavy (non-hydrogen) atoms. The predicted molar refractivity (Wildman–Crippen MR) is 53.0 cm³/mol. The zero-order valence-electron chi connectivity index (χ0n) is 8.14. The van der Waals surface area contributed by atoms with Gasteiger partial charge in [0.05, 0.1) is 0 Å². The van der Waals surface area contributed by atoms with Gasteiger partial charge in [-0.1, -0.05) is 43.6 Å². The van der Waals surface area contributed by atoms with Crippen molar-refractivity contribution in [3.8, 4) is 0 Å². The summed E-state index contributed by atoms with van der Waals surface area (Å²) in [6, 6.07) is 0. The van der Waals surface area contributed by atoms with Gasteiger partial charge in [-0.15, -0.1) is 0 Å². The summed E-state index contributed by atoms with van der Waals surface area (Å²) in [4.78, 5) is 0. The standard InChI is InChI=1S/C12H18/c1-3-5-12-10-7-6-9(8-10)11(12)4-2/h6-7,9-10H,3-5,8H2,1-2H3. The summed E-state index contributed by atoms with van der Waals surface area (Å²) in [5.41, 5.74) is 3.55. The first-order chi connectivity index (χ1) is 5.86. The van der Waals surface area contributed by atoms with E-state index in [0.29, 0.717) is 0 Å². The van der Waals surface area contributed by atoms with Gasteiger partial charge < -0.3 is 0 Å². The fraction of sp³-hybridized carbons (Fsp3) is 0.667. The van der Waals surface area contributed by atoms with E-state index < -0.39 is 0 Å². The lowest BCUT2D eigenvalue weighted by Gasteiger charge is -2.13. The van der Waals surface area contributed by atoms with E-state index in [1.807, 2.05) is 0 Å². The third-order valence-electron chi connectivity index (χ3n) is 3.29. The third kappa shape index (κ3) is 1.05. The van der Waals surface area contributed by atoms with Gasteiger partial charge in [0.2, 0.25) is 0 Å². The fourth-order valence-corrected chi connectivity index (χ4v) is 2.80. The van der Waals surface area contributed by atoms with E-state index in [1.54, 1.807) is 11.1 Å². The molecule has 0 nitrogen and oxygen atoms in total. The van der Waals surface area contributed by atoms with Gasteiger partial charge in [0, 0.05) is 0 Å². The lowest BCUT2D eigenvalue weighted by Crippen LogP contribution is -1.97. The Kier molecular flexibility index (Phi) is 2.08. The normalized spacial score (nSPS) is 32.2. The van der Waals surface area contributed by atoms with Gasteiger partial charge in [-0.25, -0.2) is 0 Å². The Labute approximate surface area is 75.4 Å². The minimum absolute atomic E-state index is 0.835. The first-order valence-electron chi connectivity index (χ1n) is 5.27. The van der Waals surface area contributed by atoms with E-state index in [9.17, 15) is 0 Å². The largest absolute Gasteiger partial charge is 0.0807 e. The molecule has 2 bridgehead atoms. The molecule has 0 amide bonds. The topological polar surface area (TPSA) is 0 Å². The highest BCUT2D eigenvalue weighted by Gasteiger charge is 2.32. The van der Waals surface area contributed by atoms with Crippen LogP contribution in [0.5, 0.6) is 0 Å². The SMILES string of the molecule is CCCC1=C(CC)C2C=CC1C2. The van der Waals surface area contributed by atoms with Gasteiger partial charge in [0.25, 0.3) is 0 Å². The Morgan fingerprint density at radius 2 is 1.83 bits per heavy atom. The van der Waals surface area contributed by atoms with Crippen LogP contribution in [-0.2, 0) is 0 Å². The smallest absolute Gasteiger partial charge is 0.00115 e. The monoisotopic (exact) mass is 162 g/mol. The van der Waals surface area contributed by atoms with E-state index in [4.69, 9.17) is 0 Å².